The summed E-state index contributed by atoms with van der Waals surface area (Å²) in [6, 6.07) is 2.53. The summed E-state index contributed by atoms with van der Waals surface area (Å²) in [5, 5.41) is 10.7. The number of aromatic nitrogens is 1. The monoisotopic (exact) mass is 354 g/mol. The first-order valence-corrected chi connectivity index (χ1v) is 8.49. The molecule has 0 spiro atoms. The van der Waals surface area contributed by atoms with E-state index in [4.69, 9.17) is 4.74 Å². The number of pyridine rings is 1. The van der Waals surface area contributed by atoms with Crippen LogP contribution in [-0.2, 0) is 11.3 Å². The SMILES string of the molecule is C[C@]1(O)CCOC[C@@H]1[C@@H]1CCCN1Cc1cncc(Br)c1. The molecule has 116 valence electrons. The minimum absolute atomic E-state index is 0.203. The summed E-state index contributed by atoms with van der Waals surface area (Å²) >= 11 is 3.48. The van der Waals surface area contributed by atoms with E-state index in [0.717, 1.165) is 30.4 Å². The van der Waals surface area contributed by atoms with Crippen LogP contribution in [0.5, 0.6) is 0 Å². The van der Waals surface area contributed by atoms with Crippen molar-refractivity contribution in [3.8, 4) is 0 Å². The molecule has 3 rings (SSSR count). The highest BCUT2D eigenvalue weighted by Crippen LogP contribution is 2.36. The molecule has 0 aliphatic carbocycles. The van der Waals surface area contributed by atoms with E-state index in [0.29, 0.717) is 19.3 Å². The lowest BCUT2D eigenvalue weighted by molar-refractivity contribution is -0.123. The molecule has 0 aromatic carbocycles. The van der Waals surface area contributed by atoms with Gasteiger partial charge in [0.25, 0.3) is 0 Å². The number of likely N-dealkylation sites (tertiary alicyclic amines) is 1. The third kappa shape index (κ3) is 3.47. The minimum atomic E-state index is -0.610. The van der Waals surface area contributed by atoms with E-state index in [1.165, 1.54) is 12.0 Å². The van der Waals surface area contributed by atoms with Gasteiger partial charge in [0.05, 0.1) is 12.2 Å². The molecule has 0 amide bonds. The number of hydrogen-bond donors (Lipinski definition) is 1. The maximum atomic E-state index is 10.7. The Morgan fingerprint density at radius 2 is 2.38 bits per heavy atom. The fourth-order valence-electron chi connectivity index (χ4n) is 3.66. The predicted molar refractivity (Wildman–Crippen MR) is 84.9 cm³/mol. The van der Waals surface area contributed by atoms with Gasteiger partial charge in [-0.3, -0.25) is 9.88 Å². The van der Waals surface area contributed by atoms with Crippen LogP contribution in [0.1, 0.15) is 31.7 Å². The van der Waals surface area contributed by atoms with Crippen molar-refractivity contribution in [2.75, 3.05) is 19.8 Å². The van der Waals surface area contributed by atoms with Crippen molar-refractivity contribution in [1.82, 2.24) is 9.88 Å². The third-order valence-corrected chi connectivity index (χ3v) is 5.31. The first kappa shape index (κ1) is 15.4. The summed E-state index contributed by atoms with van der Waals surface area (Å²) in [6.07, 6.45) is 6.81. The first-order chi connectivity index (χ1) is 10.1. The molecule has 2 aliphatic heterocycles. The molecule has 0 unspecified atom stereocenters. The molecule has 2 fully saturated rings. The molecule has 4 nitrogen and oxygen atoms in total. The van der Waals surface area contributed by atoms with Crippen molar-refractivity contribution in [3.05, 3.63) is 28.5 Å². The van der Waals surface area contributed by atoms with Gasteiger partial charge in [0, 0.05) is 42.0 Å². The van der Waals surface area contributed by atoms with Gasteiger partial charge in [-0.15, -0.1) is 0 Å². The summed E-state index contributed by atoms with van der Waals surface area (Å²) < 4.78 is 6.66. The highest BCUT2D eigenvalue weighted by atomic mass is 79.9. The Bertz CT molecular complexity index is 495. The van der Waals surface area contributed by atoms with Gasteiger partial charge < -0.3 is 9.84 Å². The quantitative estimate of drug-likeness (QED) is 0.905. The lowest BCUT2D eigenvalue weighted by Crippen LogP contribution is -2.52. The number of halogens is 1. The Balaban J connectivity index is 1.73. The molecule has 2 aliphatic rings. The Morgan fingerprint density at radius 3 is 3.14 bits per heavy atom. The zero-order valence-corrected chi connectivity index (χ0v) is 14.1. The van der Waals surface area contributed by atoms with Crippen molar-refractivity contribution >= 4 is 15.9 Å². The van der Waals surface area contributed by atoms with Crippen LogP contribution in [0.25, 0.3) is 0 Å². The molecular formula is C16H23BrN2O2. The van der Waals surface area contributed by atoms with Gasteiger partial charge >= 0.3 is 0 Å². The number of nitrogens with zero attached hydrogens (tertiary/aromatic N) is 2. The summed E-state index contributed by atoms with van der Waals surface area (Å²) in [6.45, 7) is 5.29. The van der Waals surface area contributed by atoms with Gasteiger partial charge in [-0.25, -0.2) is 0 Å². The van der Waals surface area contributed by atoms with Crippen molar-refractivity contribution in [3.63, 3.8) is 0 Å². The van der Waals surface area contributed by atoms with Crippen molar-refractivity contribution in [1.29, 1.82) is 0 Å². The van der Waals surface area contributed by atoms with Crippen molar-refractivity contribution in [2.24, 2.45) is 5.92 Å². The second kappa shape index (κ2) is 6.32. The van der Waals surface area contributed by atoms with Crippen LogP contribution in [0.15, 0.2) is 22.9 Å². The molecule has 0 saturated carbocycles. The van der Waals surface area contributed by atoms with Crippen LogP contribution in [0.3, 0.4) is 0 Å². The highest BCUT2D eigenvalue weighted by molar-refractivity contribution is 9.10. The van der Waals surface area contributed by atoms with Gasteiger partial charge in [-0.1, -0.05) is 0 Å². The van der Waals surface area contributed by atoms with Gasteiger partial charge in [0.15, 0.2) is 0 Å². The average Bonchev–Trinajstić information content (AvgIpc) is 2.86. The van der Waals surface area contributed by atoms with E-state index >= 15 is 0 Å². The Morgan fingerprint density at radius 1 is 1.52 bits per heavy atom. The molecular weight excluding hydrogens is 332 g/mol. The zero-order chi connectivity index (χ0) is 14.9. The van der Waals surface area contributed by atoms with E-state index < -0.39 is 5.60 Å². The summed E-state index contributed by atoms with van der Waals surface area (Å²) in [7, 11) is 0. The lowest BCUT2D eigenvalue weighted by Gasteiger charge is -2.43. The molecule has 5 heteroatoms. The largest absolute Gasteiger partial charge is 0.390 e. The molecule has 1 aromatic heterocycles. The van der Waals surface area contributed by atoms with Gasteiger partial charge in [0.2, 0.25) is 0 Å². The predicted octanol–water partition coefficient (Wildman–Crippen LogP) is 2.60. The van der Waals surface area contributed by atoms with E-state index in [2.05, 4.69) is 31.9 Å². The van der Waals surface area contributed by atoms with E-state index in [1.807, 2.05) is 19.3 Å². The van der Waals surface area contributed by atoms with Gasteiger partial charge in [-0.2, -0.15) is 0 Å². The van der Waals surface area contributed by atoms with Crippen LogP contribution in [-0.4, -0.2) is 46.4 Å². The van der Waals surface area contributed by atoms with Crippen molar-refractivity contribution < 1.29 is 9.84 Å². The van der Waals surface area contributed by atoms with E-state index in [9.17, 15) is 5.11 Å². The highest BCUT2D eigenvalue weighted by Gasteiger charge is 2.43. The van der Waals surface area contributed by atoms with Crippen LogP contribution in [0, 0.1) is 5.92 Å². The smallest absolute Gasteiger partial charge is 0.0706 e. The van der Waals surface area contributed by atoms with Crippen LogP contribution >= 0.6 is 15.9 Å². The average molecular weight is 355 g/mol. The molecule has 0 radical (unpaired) electrons. The molecule has 3 atom stereocenters. The van der Waals surface area contributed by atoms with Gasteiger partial charge in [-0.05, 0) is 60.3 Å². The molecule has 21 heavy (non-hydrogen) atoms. The first-order valence-electron chi connectivity index (χ1n) is 7.70. The third-order valence-electron chi connectivity index (χ3n) is 4.87. The normalized spacial score (nSPS) is 34.2. The number of aliphatic hydroxyl groups is 1. The molecule has 3 heterocycles. The second-order valence-electron chi connectivity index (χ2n) is 6.48. The number of hydrogen-bond acceptors (Lipinski definition) is 4. The Hall–Kier alpha value is -0.490. The van der Waals surface area contributed by atoms with Crippen LogP contribution in [0.2, 0.25) is 0 Å². The Labute approximate surface area is 134 Å². The van der Waals surface area contributed by atoms with Crippen LogP contribution < -0.4 is 0 Å². The number of ether oxygens (including phenoxy) is 1. The summed E-state index contributed by atoms with van der Waals surface area (Å²) in [5.41, 5.74) is 0.605. The number of rotatable bonds is 3. The van der Waals surface area contributed by atoms with Crippen molar-refractivity contribution in [2.45, 2.75) is 44.4 Å². The summed E-state index contributed by atoms with van der Waals surface area (Å²) in [4.78, 5) is 6.73. The summed E-state index contributed by atoms with van der Waals surface area (Å²) in [5.74, 6) is 0.203. The molecule has 1 N–H and O–H groups in total. The molecule has 2 saturated heterocycles. The van der Waals surface area contributed by atoms with Crippen LogP contribution in [0.4, 0.5) is 0 Å². The topological polar surface area (TPSA) is 45.6 Å². The molecule has 0 bridgehead atoms. The lowest BCUT2D eigenvalue weighted by atomic mass is 9.79. The fraction of sp³-hybridized carbons (Fsp3) is 0.688. The van der Waals surface area contributed by atoms with Gasteiger partial charge in [0.1, 0.15) is 0 Å². The fourth-order valence-corrected chi connectivity index (χ4v) is 4.07. The molecule has 1 aromatic rings. The zero-order valence-electron chi connectivity index (χ0n) is 12.5. The minimum Gasteiger partial charge on any atom is -0.390 e. The maximum Gasteiger partial charge on any atom is 0.0706 e. The van der Waals surface area contributed by atoms with E-state index in [1.54, 1.807) is 0 Å². The standard InChI is InChI=1S/C16H23BrN2O2/c1-16(20)4-6-21-11-14(16)15-3-2-5-19(15)10-12-7-13(17)9-18-8-12/h7-9,14-15,20H,2-6,10-11H2,1H3/t14-,15+,16+/m1/s1. The van der Waals surface area contributed by atoms with E-state index in [-0.39, 0.29) is 5.92 Å². The second-order valence-corrected chi connectivity index (χ2v) is 7.40. The Kier molecular flexibility index (Phi) is 4.64. The maximum absolute atomic E-state index is 10.7.